The van der Waals surface area contributed by atoms with E-state index in [1.165, 1.54) is 23.9 Å². The lowest BCUT2D eigenvalue weighted by Gasteiger charge is -2.07. The van der Waals surface area contributed by atoms with Gasteiger partial charge < -0.3 is 10.3 Å². The Morgan fingerprint density at radius 1 is 1.50 bits per heavy atom. The number of imidazole rings is 1. The molecule has 84 valence electrons. The first kappa shape index (κ1) is 9.70. The van der Waals surface area contributed by atoms with Gasteiger partial charge in [0.05, 0.1) is 11.0 Å². The van der Waals surface area contributed by atoms with Crippen molar-refractivity contribution >= 4 is 17.0 Å². The predicted octanol–water partition coefficient (Wildman–Crippen LogP) is 2.90. The number of nitrogens with two attached hydrogens (primary N) is 1. The smallest absolute Gasteiger partial charge is 0.201 e. The molecule has 3 rings (SSSR count). The normalized spacial score (nSPS) is 23.9. The van der Waals surface area contributed by atoms with Gasteiger partial charge in [-0.15, -0.1) is 0 Å². The number of nitrogen functional groups attached to an aromatic ring is 1. The molecule has 0 aliphatic heterocycles. The number of aromatic nitrogens is 2. The second-order valence-electron chi connectivity index (χ2n) is 4.75. The molecule has 0 bridgehead atoms. The van der Waals surface area contributed by atoms with E-state index in [4.69, 9.17) is 5.73 Å². The van der Waals surface area contributed by atoms with Gasteiger partial charge in [-0.3, -0.25) is 0 Å². The Kier molecular flexibility index (Phi) is 1.96. The molecule has 1 aliphatic rings. The van der Waals surface area contributed by atoms with Crippen molar-refractivity contribution in [1.82, 2.24) is 9.55 Å². The van der Waals surface area contributed by atoms with Crippen LogP contribution in [0.2, 0.25) is 0 Å². The first-order valence-electron chi connectivity index (χ1n) is 5.95. The van der Waals surface area contributed by atoms with Gasteiger partial charge in [-0.1, -0.05) is 25.5 Å². The second kappa shape index (κ2) is 3.24. The quantitative estimate of drug-likeness (QED) is 0.837. The zero-order valence-corrected chi connectivity index (χ0v) is 9.77. The maximum Gasteiger partial charge on any atom is 0.201 e. The van der Waals surface area contributed by atoms with Gasteiger partial charge in [0.15, 0.2) is 0 Å². The zero-order chi connectivity index (χ0) is 11.3. The third-order valence-electron chi connectivity index (χ3n) is 3.68. The van der Waals surface area contributed by atoms with Crippen LogP contribution in [-0.2, 0) is 0 Å². The van der Waals surface area contributed by atoms with Crippen molar-refractivity contribution in [1.29, 1.82) is 0 Å². The average Bonchev–Trinajstić information content (AvgIpc) is 2.95. The monoisotopic (exact) mass is 215 g/mol. The summed E-state index contributed by atoms with van der Waals surface area (Å²) in [5.41, 5.74) is 9.55. The van der Waals surface area contributed by atoms with Crippen LogP contribution in [0.15, 0.2) is 18.2 Å². The minimum absolute atomic E-state index is 0.580. The minimum Gasteiger partial charge on any atom is -0.369 e. The van der Waals surface area contributed by atoms with E-state index >= 15 is 0 Å². The van der Waals surface area contributed by atoms with E-state index in [1.54, 1.807) is 0 Å². The van der Waals surface area contributed by atoms with Crippen LogP contribution in [0.25, 0.3) is 11.0 Å². The van der Waals surface area contributed by atoms with E-state index in [9.17, 15) is 0 Å². The molecule has 1 aromatic heterocycles. The molecule has 2 atom stereocenters. The molecule has 0 amide bonds. The van der Waals surface area contributed by atoms with Gasteiger partial charge in [-0.2, -0.15) is 0 Å². The number of rotatable bonds is 2. The van der Waals surface area contributed by atoms with Crippen molar-refractivity contribution in [2.45, 2.75) is 32.7 Å². The van der Waals surface area contributed by atoms with Crippen LogP contribution < -0.4 is 5.73 Å². The fraction of sp³-hybridized carbons (Fsp3) is 0.462. The van der Waals surface area contributed by atoms with E-state index in [0.29, 0.717) is 12.0 Å². The van der Waals surface area contributed by atoms with Gasteiger partial charge in [-0.05, 0) is 30.9 Å². The van der Waals surface area contributed by atoms with Crippen molar-refractivity contribution < 1.29 is 0 Å². The summed E-state index contributed by atoms with van der Waals surface area (Å²) in [6.07, 6.45) is 2.48. The predicted molar refractivity (Wildman–Crippen MR) is 66.3 cm³/mol. The Hall–Kier alpha value is -1.51. The Labute approximate surface area is 95.3 Å². The molecule has 0 spiro atoms. The van der Waals surface area contributed by atoms with Crippen molar-refractivity contribution in [2.24, 2.45) is 5.92 Å². The van der Waals surface area contributed by atoms with Crippen molar-refractivity contribution in [2.75, 3.05) is 5.73 Å². The summed E-state index contributed by atoms with van der Waals surface area (Å²) in [4.78, 5) is 4.44. The highest BCUT2D eigenvalue weighted by Crippen LogP contribution is 2.48. The van der Waals surface area contributed by atoms with Crippen molar-refractivity contribution in [3.8, 4) is 0 Å². The summed E-state index contributed by atoms with van der Waals surface area (Å²) in [7, 11) is 0. The van der Waals surface area contributed by atoms with E-state index < -0.39 is 0 Å². The fourth-order valence-electron chi connectivity index (χ4n) is 2.66. The van der Waals surface area contributed by atoms with Crippen LogP contribution in [-0.4, -0.2) is 9.55 Å². The molecule has 2 aromatic rings. The van der Waals surface area contributed by atoms with Gasteiger partial charge >= 0.3 is 0 Å². The van der Waals surface area contributed by atoms with Crippen LogP contribution in [0.3, 0.4) is 0 Å². The molecule has 1 aliphatic carbocycles. The highest BCUT2D eigenvalue weighted by molar-refractivity contribution is 5.81. The van der Waals surface area contributed by atoms with Gasteiger partial charge in [0, 0.05) is 6.04 Å². The third-order valence-corrected chi connectivity index (χ3v) is 3.68. The number of aryl methyl sites for hydroxylation is 1. The summed E-state index contributed by atoms with van der Waals surface area (Å²) in [6, 6.07) is 6.79. The first-order valence-corrected chi connectivity index (χ1v) is 5.95. The first-order chi connectivity index (χ1) is 7.72. The van der Waals surface area contributed by atoms with Crippen LogP contribution >= 0.6 is 0 Å². The Morgan fingerprint density at radius 3 is 3.00 bits per heavy atom. The maximum absolute atomic E-state index is 6.03. The standard InChI is InChI=1S/C13H17N3/c1-3-9-7-11(9)16-12-8(2)5-4-6-10(12)15-13(16)14/h4-6,9,11H,3,7H2,1-2H3,(H2,14,15). The summed E-state index contributed by atoms with van der Waals surface area (Å²) in [5.74, 6) is 1.46. The summed E-state index contributed by atoms with van der Waals surface area (Å²) >= 11 is 0. The number of hydrogen-bond acceptors (Lipinski definition) is 2. The highest BCUT2D eigenvalue weighted by atomic mass is 15.2. The SMILES string of the molecule is CCC1CC1n1c(N)nc2cccc(C)c21. The second-order valence-corrected chi connectivity index (χ2v) is 4.75. The molecule has 2 N–H and O–H groups in total. The van der Waals surface area contributed by atoms with Crippen LogP contribution in [0, 0.1) is 12.8 Å². The number of anilines is 1. The molecule has 1 saturated carbocycles. The lowest BCUT2D eigenvalue weighted by Crippen LogP contribution is -2.03. The number of fused-ring (bicyclic) bond motifs is 1. The largest absolute Gasteiger partial charge is 0.369 e. The van der Waals surface area contributed by atoms with Crippen LogP contribution in [0.1, 0.15) is 31.4 Å². The fourth-order valence-corrected chi connectivity index (χ4v) is 2.66. The van der Waals surface area contributed by atoms with Gasteiger partial charge in [-0.25, -0.2) is 4.98 Å². The van der Waals surface area contributed by atoms with Crippen LogP contribution in [0.4, 0.5) is 5.95 Å². The van der Waals surface area contributed by atoms with Gasteiger partial charge in [0.1, 0.15) is 0 Å². The number of nitrogens with zero attached hydrogens (tertiary/aromatic N) is 2. The molecule has 0 saturated heterocycles. The van der Waals surface area contributed by atoms with Crippen LogP contribution in [0.5, 0.6) is 0 Å². The molecule has 1 heterocycles. The summed E-state index contributed by atoms with van der Waals surface area (Å²) < 4.78 is 2.23. The molecule has 1 aromatic carbocycles. The molecule has 1 fully saturated rings. The maximum atomic E-state index is 6.03. The number of para-hydroxylation sites is 1. The van der Waals surface area contributed by atoms with Crippen molar-refractivity contribution in [3.63, 3.8) is 0 Å². The number of hydrogen-bond donors (Lipinski definition) is 1. The molecule has 3 heteroatoms. The Balaban J connectivity index is 2.20. The lowest BCUT2D eigenvalue weighted by atomic mass is 10.2. The van der Waals surface area contributed by atoms with E-state index in [0.717, 1.165) is 11.4 Å². The topological polar surface area (TPSA) is 43.8 Å². The molecule has 0 radical (unpaired) electrons. The molecular weight excluding hydrogens is 198 g/mol. The Morgan fingerprint density at radius 2 is 2.31 bits per heavy atom. The molecule has 3 nitrogen and oxygen atoms in total. The molecular formula is C13H17N3. The Bertz CT molecular complexity index is 541. The molecule has 16 heavy (non-hydrogen) atoms. The summed E-state index contributed by atoms with van der Waals surface area (Å²) in [5, 5.41) is 0. The molecule has 2 unspecified atom stereocenters. The van der Waals surface area contributed by atoms with E-state index in [2.05, 4.69) is 29.5 Å². The van der Waals surface area contributed by atoms with E-state index in [1.807, 2.05) is 12.1 Å². The number of benzene rings is 1. The van der Waals surface area contributed by atoms with Crippen molar-refractivity contribution in [3.05, 3.63) is 23.8 Å². The average molecular weight is 215 g/mol. The highest BCUT2D eigenvalue weighted by Gasteiger charge is 2.39. The third kappa shape index (κ3) is 1.24. The summed E-state index contributed by atoms with van der Waals surface area (Å²) in [6.45, 7) is 4.37. The minimum atomic E-state index is 0.580. The zero-order valence-electron chi connectivity index (χ0n) is 9.77. The lowest BCUT2D eigenvalue weighted by molar-refractivity contribution is 0.660. The van der Waals surface area contributed by atoms with Gasteiger partial charge in [0.25, 0.3) is 0 Å². The van der Waals surface area contributed by atoms with E-state index in [-0.39, 0.29) is 0 Å². The van der Waals surface area contributed by atoms with Gasteiger partial charge in [0.2, 0.25) is 5.95 Å².